The molecule has 1 aromatic heterocycles. The molecule has 0 spiro atoms. The van der Waals surface area contributed by atoms with Gasteiger partial charge in [-0.05, 0) is 30.3 Å². The van der Waals surface area contributed by atoms with Crippen molar-refractivity contribution in [2.75, 3.05) is 13.2 Å². The van der Waals surface area contributed by atoms with Gasteiger partial charge in [0, 0.05) is 17.4 Å². The third kappa shape index (κ3) is 4.01. The zero-order valence-electron chi connectivity index (χ0n) is 14.9. The molecule has 144 valence electrons. The number of rotatable bonds is 5. The van der Waals surface area contributed by atoms with E-state index in [9.17, 15) is 9.59 Å². The number of nitrogens with zero attached hydrogens (tertiary/aromatic N) is 2. The monoisotopic (exact) mass is 443 g/mol. The first-order valence-electron chi connectivity index (χ1n) is 8.90. The van der Waals surface area contributed by atoms with Gasteiger partial charge in [0.1, 0.15) is 12.7 Å². The molecule has 0 radical (unpaired) electrons. The van der Waals surface area contributed by atoms with Crippen LogP contribution in [-0.2, 0) is 11.3 Å². The molecule has 0 saturated carbocycles. The fourth-order valence-electron chi connectivity index (χ4n) is 2.99. The zero-order chi connectivity index (χ0) is 19.5. The fraction of sp³-hybridized carbons (Fsp3) is 0.250. The van der Waals surface area contributed by atoms with Gasteiger partial charge in [0.05, 0.1) is 23.8 Å². The van der Waals surface area contributed by atoms with Gasteiger partial charge in [0.2, 0.25) is 5.91 Å². The lowest BCUT2D eigenvalue weighted by Gasteiger charge is -2.26. The number of ether oxygens (including phenoxy) is 2. The second kappa shape index (κ2) is 8.02. The minimum atomic E-state index is -0.249. The molecule has 4 rings (SSSR count). The highest BCUT2D eigenvalue weighted by atomic mass is 79.9. The van der Waals surface area contributed by atoms with Crippen molar-refractivity contribution in [3.8, 4) is 11.5 Å². The predicted molar refractivity (Wildman–Crippen MR) is 108 cm³/mol. The second-order valence-electron chi connectivity index (χ2n) is 6.46. The smallest absolute Gasteiger partial charge is 0.261 e. The number of aromatic nitrogens is 2. The molecule has 1 unspecified atom stereocenters. The van der Waals surface area contributed by atoms with Gasteiger partial charge in [-0.2, -0.15) is 0 Å². The Labute approximate surface area is 169 Å². The molecular formula is C20H18BrN3O4. The lowest BCUT2D eigenvalue weighted by Crippen LogP contribution is -2.41. The Morgan fingerprint density at radius 1 is 1.25 bits per heavy atom. The van der Waals surface area contributed by atoms with Crippen molar-refractivity contribution in [2.24, 2.45) is 0 Å². The van der Waals surface area contributed by atoms with Crippen LogP contribution in [0.5, 0.6) is 11.5 Å². The Kier molecular flexibility index (Phi) is 5.29. The Morgan fingerprint density at radius 3 is 2.93 bits per heavy atom. The predicted octanol–water partition coefficient (Wildman–Crippen LogP) is 2.51. The number of hydrogen-bond acceptors (Lipinski definition) is 5. The van der Waals surface area contributed by atoms with Gasteiger partial charge >= 0.3 is 0 Å². The fourth-order valence-corrected chi connectivity index (χ4v) is 3.35. The summed E-state index contributed by atoms with van der Waals surface area (Å²) < 4.78 is 13.7. The Hall–Kier alpha value is -2.87. The topological polar surface area (TPSA) is 82.5 Å². The van der Waals surface area contributed by atoms with Crippen molar-refractivity contribution < 1.29 is 14.3 Å². The van der Waals surface area contributed by atoms with E-state index in [0.29, 0.717) is 35.6 Å². The molecule has 2 aromatic carbocycles. The van der Waals surface area contributed by atoms with Crippen molar-refractivity contribution in [1.82, 2.24) is 14.9 Å². The molecule has 0 bridgehead atoms. The van der Waals surface area contributed by atoms with E-state index in [0.717, 1.165) is 4.47 Å². The van der Waals surface area contributed by atoms with Gasteiger partial charge in [0.25, 0.3) is 5.56 Å². The first kappa shape index (κ1) is 18.5. The van der Waals surface area contributed by atoms with E-state index >= 15 is 0 Å². The number of amides is 1. The van der Waals surface area contributed by atoms with Crippen LogP contribution in [0.2, 0.25) is 0 Å². The van der Waals surface area contributed by atoms with Crippen molar-refractivity contribution in [1.29, 1.82) is 0 Å². The number of hydrogen-bond donors (Lipinski definition) is 1. The minimum Gasteiger partial charge on any atom is -0.486 e. The molecule has 1 aliphatic rings. The van der Waals surface area contributed by atoms with Crippen LogP contribution in [0.25, 0.3) is 10.9 Å². The molecule has 0 fully saturated rings. The van der Waals surface area contributed by atoms with Gasteiger partial charge in [-0.1, -0.05) is 28.1 Å². The Balaban J connectivity index is 1.32. The minimum absolute atomic E-state index is 0.163. The molecule has 0 saturated heterocycles. The molecular weight excluding hydrogens is 426 g/mol. The zero-order valence-corrected chi connectivity index (χ0v) is 16.5. The van der Waals surface area contributed by atoms with Crippen LogP contribution in [0.3, 0.4) is 0 Å². The van der Waals surface area contributed by atoms with Crippen LogP contribution in [0.1, 0.15) is 6.42 Å². The van der Waals surface area contributed by atoms with Crippen LogP contribution in [0, 0.1) is 0 Å². The van der Waals surface area contributed by atoms with E-state index in [2.05, 4.69) is 26.2 Å². The van der Waals surface area contributed by atoms with Crippen LogP contribution in [0.4, 0.5) is 0 Å². The highest BCUT2D eigenvalue weighted by Gasteiger charge is 2.21. The average Bonchev–Trinajstić information content (AvgIpc) is 2.72. The summed E-state index contributed by atoms with van der Waals surface area (Å²) in [7, 11) is 0. The normalized spacial score (nSPS) is 15.4. The number of benzene rings is 2. The maximum absolute atomic E-state index is 12.5. The molecule has 8 heteroatoms. The largest absolute Gasteiger partial charge is 0.486 e. The van der Waals surface area contributed by atoms with Gasteiger partial charge in [-0.25, -0.2) is 4.98 Å². The molecule has 1 N–H and O–H groups in total. The standard InChI is InChI=1S/C20H18BrN3O4/c21-13-5-6-16-15(9-13)20(26)24(12-23-16)8-7-19(25)22-10-14-11-27-17-3-1-2-4-18(17)28-14/h1-6,9,12,14H,7-8,10-11H2,(H,22,25). The molecule has 3 aromatic rings. The lowest BCUT2D eigenvalue weighted by molar-refractivity contribution is -0.121. The summed E-state index contributed by atoms with van der Waals surface area (Å²) in [4.78, 5) is 29.0. The molecule has 1 aliphatic heterocycles. The third-order valence-electron chi connectivity index (χ3n) is 4.46. The van der Waals surface area contributed by atoms with Crippen molar-refractivity contribution >= 4 is 32.7 Å². The van der Waals surface area contributed by atoms with Crippen LogP contribution in [-0.4, -0.2) is 34.7 Å². The number of nitrogens with one attached hydrogen (secondary N) is 1. The summed E-state index contributed by atoms with van der Waals surface area (Å²) in [5.41, 5.74) is 0.461. The third-order valence-corrected chi connectivity index (χ3v) is 4.95. The Bertz CT molecular complexity index is 1080. The van der Waals surface area contributed by atoms with E-state index in [1.807, 2.05) is 30.3 Å². The van der Waals surface area contributed by atoms with E-state index in [4.69, 9.17) is 9.47 Å². The highest BCUT2D eigenvalue weighted by Crippen LogP contribution is 2.30. The van der Waals surface area contributed by atoms with E-state index in [-0.39, 0.29) is 30.5 Å². The number of carbonyl (C=O) groups excluding carboxylic acids is 1. The summed E-state index contributed by atoms with van der Waals surface area (Å²) in [5, 5.41) is 3.35. The average molecular weight is 444 g/mol. The summed E-state index contributed by atoms with van der Waals surface area (Å²) in [6.45, 7) is 0.968. The van der Waals surface area contributed by atoms with Gasteiger partial charge in [-0.15, -0.1) is 0 Å². The number of para-hydroxylation sites is 2. The molecule has 1 atom stereocenters. The van der Waals surface area contributed by atoms with Gasteiger partial charge < -0.3 is 14.8 Å². The molecule has 28 heavy (non-hydrogen) atoms. The van der Waals surface area contributed by atoms with E-state index in [1.54, 1.807) is 12.1 Å². The quantitative estimate of drug-likeness (QED) is 0.654. The maximum atomic E-state index is 12.5. The Morgan fingerprint density at radius 2 is 2.07 bits per heavy atom. The van der Waals surface area contributed by atoms with E-state index in [1.165, 1.54) is 10.9 Å². The highest BCUT2D eigenvalue weighted by molar-refractivity contribution is 9.10. The number of fused-ring (bicyclic) bond motifs is 2. The molecule has 2 heterocycles. The summed E-state index contributed by atoms with van der Waals surface area (Å²) in [6, 6.07) is 12.8. The molecule has 7 nitrogen and oxygen atoms in total. The second-order valence-corrected chi connectivity index (χ2v) is 7.37. The summed E-state index contributed by atoms with van der Waals surface area (Å²) in [6.07, 6.45) is 1.40. The van der Waals surface area contributed by atoms with Crippen molar-refractivity contribution in [2.45, 2.75) is 19.1 Å². The van der Waals surface area contributed by atoms with E-state index < -0.39 is 0 Å². The van der Waals surface area contributed by atoms with Gasteiger partial charge in [-0.3, -0.25) is 14.2 Å². The van der Waals surface area contributed by atoms with Crippen LogP contribution in [0.15, 0.2) is 58.1 Å². The summed E-state index contributed by atoms with van der Waals surface area (Å²) in [5.74, 6) is 1.22. The number of aryl methyl sites for hydroxylation is 1. The first-order chi connectivity index (χ1) is 13.6. The lowest BCUT2D eigenvalue weighted by atomic mass is 10.2. The van der Waals surface area contributed by atoms with Crippen LogP contribution < -0.4 is 20.3 Å². The molecule has 1 amide bonds. The number of halogens is 1. The van der Waals surface area contributed by atoms with Gasteiger partial charge in [0.15, 0.2) is 11.5 Å². The SMILES string of the molecule is O=C(CCn1cnc2ccc(Br)cc2c1=O)NCC1COc2ccccc2O1. The van der Waals surface area contributed by atoms with Crippen LogP contribution >= 0.6 is 15.9 Å². The maximum Gasteiger partial charge on any atom is 0.261 e. The number of carbonyl (C=O) groups is 1. The van der Waals surface area contributed by atoms with Crippen molar-refractivity contribution in [3.63, 3.8) is 0 Å². The first-order valence-corrected chi connectivity index (χ1v) is 9.69. The molecule has 0 aliphatic carbocycles. The van der Waals surface area contributed by atoms with Crippen molar-refractivity contribution in [3.05, 3.63) is 63.6 Å². The summed E-state index contributed by atoms with van der Waals surface area (Å²) >= 11 is 3.36.